The summed E-state index contributed by atoms with van der Waals surface area (Å²) < 4.78 is 0. The van der Waals surface area contributed by atoms with Crippen LogP contribution in [0.25, 0.3) is 0 Å². The molecule has 0 atom stereocenters. The highest BCUT2D eigenvalue weighted by molar-refractivity contribution is 6.63. The highest BCUT2D eigenvalue weighted by Gasteiger charge is 2.06. The van der Waals surface area contributed by atoms with Crippen LogP contribution in [-0.4, -0.2) is 22.8 Å². The highest BCUT2D eigenvalue weighted by atomic mass is 35.5. The number of halogens is 2. The standard InChI is InChI=1S/C6H11Cl2NO/c1-2-3-4-9(5-7)6(8)10/h2-5H2,1H3. The zero-order valence-corrected chi connectivity index (χ0v) is 7.45. The monoisotopic (exact) mass is 183 g/mol. The van der Waals surface area contributed by atoms with E-state index in [0.717, 1.165) is 12.8 Å². The Labute approximate surface area is 71.1 Å². The van der Waals surface area contributed by atoms with Crippen molar-refractivity contribution in [2.24, 2.45) is 0 Å². The molecule has 60 valence electrons. The zero-order chi connectivity index (χ0) is 7.98. The molecular weight excluding hydrogens is 173 g/mol. The second-order valence-corrected chi connectivity index (χ2v) is 2.55. The van der Waals surface area contributed by atoms with Crippen molar-refractivity contribution < 1.29 is 4.79 Å². The van der Waals surface area contributed by atoms with Gasteiger partial charge in [0.25, 0.3) is 0 Å². The van der Waals surface area contributed by atoms with Gasteiger partial charge in [0.2, 0.25) is 0 Å². The minimum atomic E-state index is -0.469. The van der Waals surface area contributed by atoms with E-state index in [0.29, 0.717) is 6.54 Å². The first-order chi connectivity index (χ1) is 4.72. The molecule has 0 saturated heterocycles. The summed E-state index contributed by atoms with van der Waals surface area (Å²) in [5, 5.41) is -0.469. The largest absolute Gasteiger partial charge is 0.317 e. The molecule has 0 spiro atoms. The number of unbranched alkanes of at least 4 members (excludes halogenated alkanes) is 1. The molecule has 0 aliphatic rings. The summed E-state index contributed by atoms with van der Waals surface area (Å²) in [5.41, 5.74) is 0. The Bertz CT molecular complexity index is 108. The van der Waals surface area contributed by atoms with E-state index in [2.05, 4.69) is 0 Å². The first-order valence-corrected chi connectivity index (χ1v) is 4.14. The lowest BCUT2D eigenvalue weighted by atomic mass is 10.3. The predicted octanol–water partition coefficient (Wildman–Crippen LogP) is 2.64. The van der Waals surface area contributed by atoms with Crippen LogP contribution in [0.3, 0.4) is 0 Å². The van der Waals surface area contributed by atoms with Gasteiger partial charge in [0.1, 0.15) is 0 Å². The van der Waals surface area contributed by atoms with Gasteiger partial charge in [-0.1, -0.05) is 13.3 Å². The predicted molar refractivity (Wildman–Crippen MR) is 43.6 cm³/mol. The summed E-state index contributed by atoms with van der Waals surface area (Å²) >= 11 is 10.6. The van der Waals surface area contributed by atoms with Crippen molar-refractivity contribution in [3.63, 3.8) is 0 Å². The SMILES string of the molecule is CCCCN(CCl)C(=O)Cl. The first kappa shape index (κ1) is 10.0. The third-order valence-electron chi connectivity index (χ3n) is 1.17. The summed E-state index contributed by atoms with van der Waals surface area (Å²) in [6.45, 7) is 2.70. The molecule has 0 N–H and O–H groups in total. The molecule has 0 aliphatic carbocycles. The lowest BCUT2D eigenvalue weighted by molar-refractivity contribution is 0.229. The zero-order valence-electron chi connectivity index (χ0n) is 5.94. The Balaban J connectivity index is 3.50. The van der Waals surface area contributed by atoms with Crippen LogP contribution in [0.5, 0.6) is 0 Å². The fourth-order valence-electron chi connectivity index (χ4n) is 0.544. The van der Waals surface area contributed by atoms with Gasteiger partial charge >= 0.3 is 5.37 Å². The minimum absolute atomic E-state index is 0.183. The van der Waals surface area contributed by atoms with E-state index < -0.39 is 5.37 Å². The number of hydrogen-bond acceptors (Lipinski definition) is 1. The summed E-state index contributed by atoms with van der Waals surface area (Å²) in [6, 6.07) is 0.183. The van der Waals surface area contributed by atoms with Gasteiger partial charge in [0, 0.05) is 6.54 Å². The average Bonchev–Trinajstić information content (AvgIpc) is 1.89. The normalized spacial score (nSPS) is 9.50. The van der Waals surface area contributed by atoms with Crippen LogP contribution >= 0.6 is 23.2 Å². The number of carbonyl (C=O) groups excluding carboxylic acids is 1. The Morgan fingerprint density at radius 1 is 1.60 bits per heavy atom. The number of amides is 1. The molecule has 0 radical (unpaired) electrons. The number of hydrogen-bond donors (Lipinski definition) is 0. The molecule has 10 heavy (non-hydrogen) atoms. The van der Waals surface area contributed by atoms with E-state index in [4.69, 9.17) is 23.2 Å². The molecule has 0 heterocycles. The Morgan fingerprint density at radius 2 is 2.20 bits per heavy atom. The number of carbonyl (C=O) groups is 1. The molecule has 0 unspecified atom stereocenters. The molecule has 2 nitrogen and oxygen atoms in total. The third-order valence-corrected chi connectivity index (χ3v) is 1.70. The second-order valence-electron chi connectivity index (χ2n) is 1.99. The molecule has 0 bridgehead atoms. The second kappa shape index (κ2) is 5.81. The summed E-state index contributed by atoms with van der Waals surface area (Å²) in [4.78, 5) is 11.9. The Hall–Kier alpha value is 0.0500. The van der Waals surface area contributed by atoms with Gasteiger partial charge < -0.3 is 4.90 Å². The van der Waals surface area contributed by atoms with Crippen molar-refractivity contribution in [2.75, 3.05) is 12.5 Å². The Kier molecular flexibility index (Phi) is 5.84. The van der Waals surface area contributed by atoms with E-state index in [1.54, 1.807) is 0 Å². The van der Waals surface area contributed by atoms with Crippen molar-refractivity contribution >= 4 is 28.6 Å². The van der Waals surface area contributed by atoms with Crippen molar-refractivity contribution in [2.45, 2.75) is 19.8 Å². The van der Waals surface area contributed by atoms with Gasteiger partial charge in [0.15, 0.2) is 0 Å². The summed E-state index contributed by atoms with van der Waals surface area (Å²) in [6.07, 6.45) is 1.99. The minimum Gasteiger partial charge on any atom is -0.315 e. The molecule has 0 rings (SSSR count). The van der Waals surface area contributed by atoms with E-state index in [1.165, 1.54) is 4.90 Å². The van der Waals surface area contributed by atoms with Gasteiger partial charge in [-0.3, -0.25) is 4.79 Å². The number of alkyl halides is 1. The molecule has 0 aromatic carbocycles. The molecular formula is C6H11Cl2NO. The van der Waals surface area contributed by atoms with Gasteiger partial charge in [-0.05, 0) is 18.0 Å². The quantitative estimate of drug-likeness (QED) is 0.373. The summed E-state index contributed by atoms with van der Waals surface area (Å²) in [7, 11) is 0. The van der Waals surface area contributed by atoms with Crippen LogP contribution in [0.15, 0.2) is 0 Å². The Morgan fingerprint density at radius 3 is 2.50 bits per heavy atom. The van der Waals surface area contributed by atoms with Crippen molar-refractivity contribution in [1.82, 2.24) is 4.90 Å². The van der Waals surface area contributed by atoms with Crippen LogP contribution in [0.4, 0.5) is 4.79 Å². The van der Waals surface area contributed by atoms with Gasteiger partial charge in [-0.15, -0.1) is 11.6 Å². The molecule has 0 aromatic heterocycles. The topological polar surface area (TPSA) is 20.3 Å². The van der Waals surface area contributed by atoms with Crippen LogP contribution in [0.1, 0.15) is 19.8 Å². The van der Waals surface area contributed by atoms with E-state index in [1.807, 2.05) is 6.92 Å². The van der Waals surface area contributed by atoms with Crippen LogP contribution < -0.4 is 0 Å². The first-order valence-electron chi connectivity index (χ1n) is 3.22. The molecule has 0 saturated carbocycles. The third kappa shape index (κ3) is 3.96. The molecule has 0 aliphatic heterocycles. The maximum absolute atomic E-state index is 10.5. The number of nitrogens with zero attached hydrogens (tertiary/aromatic N) is 1. The maximum atomic E-state index is 10.5. The van der Waals surface area contributed by atoms with Gasteiger partial charge in [0.05, 0.1) is 6.00 Å². The van der Waals surface area contributed by atoms with Crippen molar-refractivity contribution in [1.29, 1.82) is 0 Å². The van der Waals surface area contributed by atoms with E-state index in [-0.39, 0.29) is 6.00 Å². The maximum Gasteiger partial charge on any atom is 0.317 e. The average molecular weight is 184 g/mol. The van der Waals surface area contributed by atoms with Crippen LogP contribution in [-0.2, 0) is 0 Å². The van der Waals surface area contributed by atoms with E-state index in [9.17, 15) is 4.79 Å². The van der Waals surface area contributed by atoms with Gasteiger partial charge in [-0.2, -0.15) is 0 Å². The molecule has 4 heteroatoms. The molecule has 0 fully saturated rings. The highest BCUT2D eigenvalue weighted by Crippen LogP contribution is 2.00. The van der Waals surface area contributed by atoms with Gasteiger partial charge in [-0.25, -0.2) is 0 Å². The summed E-state index contributed by atoms with van der Waals surface area (Å²) in [5.74, 6) is 0. The fourth-order valence-corrected chi connectivity index (χ4v) is 0.977. The molecule has 1 amide bonds. The van der Waals surface area contributed by atoms with Crippen molar-refractivity contribution in [3.05, 3.63) is 0 Å². The smallest absolute Gasteiger partial charge is 0.315 e. The van der Waals surface area contributed by atoms with Crippen molar-refractivity contribution in [3.8, 4) is 0 Å². The van der Waals surface area contributed by atoms with Crippen LogP contribution in [0, 0.1) is 0 Å². The number of rotatable bonds is 4. The lowest BCUT2D eigenvalue weighted by Crippen LogP contribution is -2.25. The van der Waals surface area contributed by atoms with Crippen LogP contribution in [0.2, 0.25) is 0 Å². The van der Waals surface area contributed by atoms with E-state index >= 15 is 0 Å². The fraction of sp³-hybridized carbons (Fsp3) is 0.833. The molecule has 0 aromatic rings. The lowest BCUT2D eigenvalue weighted by Gasteiger charge is -2.14.